The summed E-state index contributed by atoms with van der Waals surface area (Å²) in [6.45, 7) is 7.12. The Kier molecular flexibility index (Phi) is 16.1. The van der Waals surface area contributed by atoms with Gasteiger partial charge < -0.3 is 4.90 Å². The molecule has 0 aromatic carbocycles. The summed E-state index contributed by atoms with van der Waals surface area (Å²) in [4.78, 5) is 2.56. The molecule has 0 aromatic heterocycles. The molecule has 0 spiro atoms. The van der Waals surface area contributed by atoms with Gasteiger partial charge in [0.15, 0.2) is 0 Å². The largest absolute Gasteiger partial charge is 0.375 e. The molecule has 0 aromatic rings. The zero-order valence-electron chi connectivity index (χ0n) is 15.5. The molecule has 1 aliphatic heterocycles. The molecule has 0 N–H and O–H groups in total. The fraction of sp³-hybridized carbons (Fsp3) is 0.909. The molecule has 0 fully saturated rings. The van der Waals surface area contributed by atoms with Crippen LogP contribution >= 0.6 is 0 Å². The van der Waals surface area contributed by atoms with Crippen molar-refractivity contribution in [1.29, 1.82) is 0 Å². The molecule has 0 amide bonds. The van der Waals surface area contributed by atoms with Crippen LogP contribution in [0.1, 0.15) is 118 Å². The first-order valence-electron chi connectivity index (χ1n) is 10.3. The van der Waals surface area contributed by atoms with Gasteiger partial charge in [0, 0.05) is 18.8 Å². The summed E-state index contributed by atoms with van der Waals surface area (Å²) in [5.74, 6) is 0. The Morgan fingerprint density at radius 3 is 1.57 bits per heavy atom. The third-order valence-corrected chi connectivity index (χ3v) is 5.12. The number of nitrogens with zero attached hydrogens (tertiary/aromatic N) is 1. The van der Waals surface area contributed by atoms with Gasteiger partial charge in [-0.25, -0.2) is 0 Å². The van der Waals surface area contributed by atoms with Crippen molar-refractivity contribution in [2.45, 2.75) is 118 Å². The van der Waals surface area contributed by atoms with Gasteiger partial charge in [-0.3, -0.25) is 0 Å². The van der Waals surface area contributed by atoms with E-state index in [1.165, 1.54) is 115 Å². The van der Waals surface area contributed by atoms with E-state index in [9.17, 15) is 0 Å². The summed E-state index contributed by atoms with van der Waals surface area (Å²) < 4.78 is 0. The Morgan fingerprint density at radius 2 is 1.17 bits per heavy atom. The van der Waals surface area contributed by atoms with Crippen molar-refractivity contribution in [3.05, 3.63) is 11.8 Å². The summed E-state index contributed by atoms with van der Waals surface area (Å²) >= 11 is 0. The summed E-state index contributed by atoms with van der Waals surface area (Å²) in [5, 5.41) is 0. The van der Waals surface area contributed by atoms with Crippen LogP contribution in [0.2, 0.25) is 0 Å². The van der Waals surface area contributed by atoms with Gasteiger partial charge in [0.05, 0.1) is 0 Å². The van der Waals surface area contributed by atoms with Crippen molar-refractivity contribution in [3.8, 4) is 0 Å². The van der Waals surface area contributed by atoms with Crippen molar-refractivity contribution < 1.29 is 0 Å². The van der Waals surface area contributed by atoms with E-state index in [-0.39, 0.29) is 7.43 Å². The van der Waals surface area contributed by atoms with Crippen LogP contribution in [-0.4, -0.2) is 18.0 Å². The van der Waals surface area contributed by atoms with Crippen molar-refractivity contribution in [2.24, 2.45) is 0 Å². The van der Waals surface area contributed by atoms with Crippen LogP contribution in [-0.2, 0) is 0 Å². The summed E-state index contributed by atoms with van der Waals surface area (Å²) in [6.07, 6.45) is 24.0. The monoisotopic (exact) mass is 323 g/mol. The number of unbranched alkanes of at least 4 members (excludes halogenated alkanes) is 13. The second-order valence-electron chi connectivity index (χ2n) is 7.22. The van der Waals surface area contributed by atoms with Crippen LogP contribution in [0.5, 0.6) is 0 Å². The van der Waals surface area contributed by atoms with E-state index in [0.29, 0.717) is 0 Å². The fourth-order valence-corrected chi connectivity index (χ4v) is 3.52. The Balaban J connectivity index is 0.00000484. The molecule has 0 radical (unpaired) electrons. The van der Waals surface area contributed by atoms with E-state index in [0.717, 1.165) is 0 Å². The molecule has 138 valence electrons. The average Bonchev–Trinajstić information content (AvgIpc) is 2.93. The molecule has 23 heavy (non-hydrogen) atoms. The zero-order valence-corrected chi connectivity index (χ0v) is 15.5. The van der Waals surface area contributed by atoms with Crippen LogP contribution in [0.4, 0.5) is 0 Å². The van der Waals surface area contributed by atoms with Crippen LogP contribution in [0, 0.1) is 0 Å². The first-order valence-corrected chi connectivity index (χ1v) is 10.3. The lowest BCUT2D eigenvalue weighted by molar-refractivity contribution is 0.362. The molecule has 0 unspecified atom stereocenters. The number of hydrogen-bond donors (Lipinski definition) is 0. The Labute approximate surface area is 147 Å². The lowest BCUT2D eigenvalue weighted by atomic mass is 10.0. The minimum absolute atomic E-state index is 0. The molecule has 1 nitrogen and oxygen atoms in total. The van der Waals surface area contributed by atoms with Gasteiger partial charge >= 0.3 is 0 Å². The van der Waals surface area contributed by atoms with E-state index < -0.39 is 0 Å². The standard InChI is InChI=1S/C21H41N.CH4/c1-3-4-5-6-7-8-9-10-11-12-13-14-15-16-19-22-20-17-18-21(22)2;/h18H,3-17,19-20H2,1-2H3;1H4. The maximum Gasteiger partial charge on any atom is 0.0210 e. The van der Waals surface area contributed by atoms with Crippen LogP contribution < -0.4 is 0 Å². The molecule has 0 saturated carbocycles. The van der Waals surface area contributed by atoms with Crippen LogP contribution in [0.15, 0.2) is 11.8 Å². The fourth-order valence-electron chi connectivity index (χ4n) is 3.52. The lowest BCUT2D eigenvalue weighted by Crippen LogP contribution is -2.19. The third-order valence-electron chi connectivity index (χ3n) is 5.12. The van der Waals surface area contributed by atoms with Gasteiger partial charge in [-0.2, -0.15) is 0 Å². The van der Waals surface area contributed by atoms with Crippen molar-refractivity contribution in [1.82, 2.24) is 4.90 Å². The zero-order chi connectivity index (χ0) is 15.9. The quantitative estimate of drug-likeness (QED) is 0.279. The molecule has 1 heteroatoms. The summed E-state index contributed by atoms with van der Waals surface area (Å²) in [5.41, 5.74) is 1.51. The summed E-state index contributed by atoms with van der Waals surface area (Å²) in [6, 6.07) is 0. The van der Waals surface area contributed by atoms with E-state index >= 15 is 0 Å². The predicted octanol–water partition coefficient (Wildman–Crippen LogP) is 7.71. The van der Waals surface area contributed by atoms with Crippen LogP contribution in [0.3, 0.4) is 0 Å². The third kappa shape index (κ3) is 12.6. The van der Waals surface area contributed by atoms with Gasteiger partial charge in [-0.1, -0.05) is 104 Å². The molecule has 1 aliphatic rings. The van der Waals surface area contributed by atoms with Gasteiger partial charge in [0.1, 0.15) is 0 Å². The molecule has 0 bridgehead atoms. The number of allylic oxidation sites excluding steroid dienone is 1. The molecule has 0 saturated heterocycles. The smallest absolute Gasteiger partial charge is 0.0210 e. The van der Waals surface area contributed by atoms with Gasteiger partial charge in [-0.05, 0) is 19.8 Å². The van der Waals surface area contributed by atoms with E-state index in [1.807, 2.05) is 0 Å². The van der Waals surface area contributed by atoms with Gasteiger partial charge in [0.25, 0.3) is 0 Å². The van der Waals surface area contributed by atoms with E-state index in [4.69, 9.17) is 0 Å². The predicted molar refractivity (Wildman–Crippen MR) is 107 cm³/mol. The molecule has 0 aliphatic carbocycles. The molecular formula is C22H45N. The second-order valence-corrected chi connectivity index (χ2v) is 7.22. The van der Waals surface area contributed by atoms with Crippen LogP contribution in [0.25, 0.3) is 0 Å². The Bertz CT molecular complexity index is 269. The topological polar surface area (TPSA) is 3.24 Å². The number of rotatable bonds is 15. The molecule has 1 heterocycles. The lowest BCUT2D eigenvalue weighted by Gasteiger charge is -2.19. The Morgan fingerprint density at radius 1 is 0.739 bits per heavy atom. The highest BCUT2D eigenvalue weighted by Crippen LogP contribution is 2.16. The highest BCUT2D eigenvalue weighted by Gasteiger charge is 2.09. The minimum Gasteiger partial charge on any atom is -0.375 e. The first-order chi connectivity index (χ1) is 10.8. The molecular weight excluding hydrogens is 278 g/mol. The maximum absolute atomic E-state index is 2.56. The summed E-state index contributed by atoms with van der Waals surface area (Å²) in [7, 11) is 0. The second kappa shape index (κ2) is 16.4. The Hall–Kier alpha value is -0.460. The first kappa shape index (κ1) is 22.5. The van der Waals surface area contributed by atoms with Crippen molar-refractivity contribution in [2.75, 3.05) is 13.1 Å². The van der Waals surface area contributed by atoms with Gasteiger partial charge in [-0.15, -0.1) is 0 Å². The normalized spacial score (nSPS) is 14.0. The van der Waals surface area contributed by atoms with Crippen molar-refractivity contribution in [3.63, 3.8) is 0 Å². The maximum atomic E-state index is 2.56. The molecule has 0 atom stereocenters. The highest BCUT2D eigenvalue weighted by molar-refractivity contribution is 5.03. The SMILES string of the molecule is C.CCCCCCCCCCCCCCCCN1CCC=C1C. The molecule has 1 rings (SSSR count). The minimum atomic E-state index is 0. The average molecular weight is 324 g/mol. The van der Waals surface area contributed by atoms with Gasteiger partial charge in [0.2, 0.25) is 0 Å². The van der Waals surface area contributed by atoms with Crippen molar-refractivity contribution >= 4 is 0 Å². The van der Waals surface area contributed by atoms with E-state index in [1.54, 1.807) is 0 Å². The number of hydrogen-bond acceptors (Lipinski definition) is 1. The highest BCUT2D eigenvalue weighted by atomic mass is 15.1. The van der Waals surface area contributed by atoms with E-state index in [2.05, 4.69) is 24.8 Å².